The van der Waals surface area contributed by atoms with E-state index in [1.807, 2.05) is 36.9 Å². The van der Waals surface area contributed by atoms with Gasteiger partial charge in [0, 0.05) is 23.4 Å². The molecule has 5 heteroatoms. The Balaban J connectivity index is 1.67. The van der Waals surface area contributed by atoms with Gasteiger partial charge in [-0.3, -0.25) is 9.59 Å². The Labute approximate surface area is 147 Å². The number of anilines is 1. The summed E-state index contributed by atoms with van der Waals surface area (Å²) in [5, 5.41) is 2.86. The highest BCUT2D eigenvalue weighted by atomic mass is 16.5. The first kappa shape index (κ1) is 17.2. The summed E-state index contributed by atoms with van der Waals surface area (Å²) in [4.78, 5) is 26.7. The molecule has 5 nitrogen and oxygen atoms in total. The Kier molecular flexibility index (Phi) is 5.14. The second kappa shape index (κ2) is 7.49. The summed E-state index contributed by atoms with van der Waals surface area (Å²) in [5.74, 6) is -0.170. The minimum absolute atomic E-state index is 0.00707. The molecule has 0 aromatic heterocycles. The van der Waals surface area contributed by atoms with Crippen molar-refractivity contribution in [3.8, 4) is 0 Å². The third-order valence-electron chi connectivity index (χ3n) is 4.30. The number of hydrogen-bond donors (Lipinski definition) is 1. The summed E-state index contributed by atoms with van der Waals surface area (Å²) in [5.41, 5.74) is 2.93. The Morgan fingerprint density at radius 2 is 1.88 bits per heavy atom. The third kappa shape index (κ3) is 4.06. The number of amides is 2. The minimum Gasteiger partial charge on any atom is -0.377 e. The van der Waals surface area contributed by atoms with Crippen molar-refractivity contribution in [1.82, 2.24) is 4.90 Å². The van der Waals surface area contributed by atoms with Gasteiger partial charge in [-0.05, 0) is 50.2 Å². The molecule has 1 atom stereocenters. The van der Waals surface area contributed by atoms with Crippen LogP contribution >= 0.6 is 0 Å². The number of nitrogens with zero attached hydrogens (tertiary/aromatic N) is 1. The summed E-state index contributed by atoms with van der Waals surface area (Å²) in [7, 11) is 0. The van der Waals surface area contributed by atoms with Crippen molar-refractivity contribution in [1.29, 1.82) is 0 Å². The molecule has 2 amide bonds. The molecule has 130 valence electrons. The van der Waals surface area contributed by atoms with E-state index in [0.717, 1.165) is 5.56 Å². The first-order valence-electron chi connectivity index (χ1n) is 8.41. The molecule has 2 aromatic carbocycles. The van der Waals surface area contributed by atoms with Gasteiger partial charge in [0.05, 0.1) is 19.3 Å². The van der Waals surface area contributed by atoms with Crippen LogP contribution in [0.2, 0.25) is 0 Å². The maximum Gasteiger partial charge on any atom is 0.255 e. The molecule has 1 unspecified atom stereocenters. The number of ether oxygens (including phenoxy) is 1. The van der Waals surface area contributed by atoms with Gasteiger partial charge in [-0.2, -0.15) is 0 Å². The largest absolute Gasteiger partial charge is 0.377 e. The zero-order valence-corrected chi connectivity index (χ0v) is 14.5. The molecule has 2 aromatic rings. The molecular formula is C20H22N2O3. The fraction of sp³-hybridized carbons (Fsp3) is 0.300. The monoisotopic (exact) mass is 338 g/mol. The van der Waals surface area contributed by atoms with Crippen LogP contribution in [-0.4, -0.2) is 42.5 Å². The number of rotatable bonds is 3. The molecule has 1 aliphatic heterocycles. The van der Waals surface area contributed by atoms with Crippen LogP contribution in [0, 0.1) is 6.92 Å². The van der Waals surface area contributed by atoms with Crippen LogP contribution in [0.4, 0.5) is 5.69 Å². The number of morpholine rings is 1. The van der Waals surface area contributed by atoms with E-state index >= 15 is 0 Å². The van der Waals surface area contributed by atoms with Crippen molar-refractivity contribution < 1.29 is 14.3 Å². The molecule has 1 N–H and O–H groups in total. The van der Waals surface area contributed by atoms with Crippen molar-refractivity contribution in [2.45, 2.75) is 19.9 Å². The molecule has 1 fully saturated rings. The number of benzene rings is 2. The van der Waals surface area contributed by atoms with E-state index in [1.165, 1.54) is 0 Å². The van der Waals surface area contributed by atoms with Gasteiger partial charge in [0.25, 0.3) is 11.8 Å². The normalized spacial score (nSPS) is 17.2. The van der Waals surface area contributed by atoms with Gasteiger partial charge in [0.1, 0.15) is 0 Å². The minimum atomic E-state index is -0.162. The maximum absolute atomic E-state index is 12.6. The SMILES string of the molecule is Cc1cccc(C(=O)Nc2ccc(C(=O)N3CCOCC3C)cc2)c1. The third-order valence-corrected chi connectivity index (χ3v) is 4.30. The number of hydrogen-bond acceptors (Lipinski definition) is 3. The molecule has 0 bridgehead atoms. The fourth-order valence-electron chi connectivity index (χ4n) is 2.88. The van der Waals surface area contributed by atoms with Gasteiger partial charge in [0.2, 0.25) is 0 Å². The lowest BCUT2D eigenvalue weighted by molar-refractivity contribution is 0.00359. The van der Waals surface area contributed by atoms with Crippen molar-refractivity contribution in [3.63, 3.8) is 0 Å². The van der Waals surface area contributed by atoms with Crippen LogP contribution < -0.4 is 5.32 Å². The van der Waals surface area contributed by atoms with Gasteiger partial charge < -0.3 is 15.0 Å². The van der Waals surface area contributed by atoms with E-state index in [4.69, 9.17) is 4.74 Å². The van der Waals surface area contributed by atoms with Gasteiger partial charge in [-0.15, -0.1) is 0 Å². The Hall–Kier alpha value is -2.66. The molecular weight excluding hydrogens is 316 g/mol. The predicted octanol–water partition coefficient (Wildman–Crippen LogP) is 3.11. The first-order valence-corrected chi connectivity index (χ1v) is 8.41. The predicted molar refractivity (Wildman–Crippen MR) is 96.9 cm³/mol. The van der Waals surface area contributed by atoms with Crippen LogP contribution in [0.1, 0.15) is 33.2 Å². The molecule has 0 spiro atoms. The lowest BCUT2D eigenvalue weighted by Gasteiger charge is -2.33. The molecule has 1 saturated heterocycles. The van der Waals surface area contributed by atoms with E-state index in [2.05, 4.69) is 5.32 Å². The zero-order chi connectivity index (χ0) is 17.8. The van der Waals surface area contributed by atoms with Gasteiger partial charge in [-0.25, -0.2) is 0 Å². The van der Waals surface area contributed by atoms with E-state index in [9.17, 15) is 9.59 Å². The average Bonchev–Trinajstić information content (AvgIpc) is 2.62. The van der Waals surface area contributed by atoms with Crippen molar-refractivity contribution in [3.05, 3.63) is 65.2 Å². The second-order valence-corrected chi connectivity index (χ2v) is 6.32. The standard InChI is InChI=1S/C20H22N2O3/c1-14-4-3-5-17(12-14)19(23)21-18-8-6-16(7-9-18)20(24)22-10-11-25-13-15(22)2/h3-9,12,15H,10-11,13H2,1-2H3,(H,21,23). The molecule has 0 aliphatic carbocycles. The van der Waals surface area contributed by atoms with Crippen LogP contribution in [0.25, 0.3) is 0 Å². The Bertz CT molecular complexity index is 771. The summed E-state index contributed by atoms with van der Waals surface area (Å²) in [6, 6.07) is 14.5. The molecule has 25 heavy (non-hydrogen) atoms. The number of carbonyl (C=O) groups is 2. The van der Waals surface area contributed by atoms with Crippen molar-refractivity contribution in [2.24, 2.45) is 0 Å². The highest BCUT2D eigenvalue weighted by Gasteiger charge is 2.24. The smallest absolute Gasteiger partial charge is 0.255 e. The van der Waals surface area contributed by atoms with Crippen molar-refractivity contribution in [2.75, 3.05) is 25.1 Å². The van der Waals surface area contributed by atoms with Gasteiger partial charge in [0.15, 0.2) is 0 Å². The van der Waals surface area contributed by atoms with Crippen LogP contribution in [-0.2, 0) is 4.74 Å². The van der Waals surface area contributed by atoms with Crippen LogP contribution in [0.15, 0.2) is 48.5 Å². The molecule has 3 rings (SSSR count). The second-order valence-electron chi connectivity index (χ2n) is 6.32. The fourth-order valence-corrected chi connectivity index (χ4v) is 2.88. The molecule has 1 heterocycles. The quantitative estimate of drug-likeness (QED) is 0.935. The Morgan fingerprint density at radius 1 is 1.12 bits per heavy atom. The number of aryl methyl sites for hydroxylation is 1. The highest BCUT2D eigenvalue weighted by Crippen LogP contribution is 2.16. The summed E-state index contributed by atoms with van der Waals surface area (Å²) in [6.07, 6.45) is 0. The lowest BCUT2D eigenvalue weighted by Crippen LogP contribution is -2.47. The number of nitrogens with one attached hydrogen (secondary N) is 1. The highest BCUT2D eigenvalue weighted by molar-refractivity contribution is 6.04. The zero-order valence-electron chi connectivity index (χ0n) is 14.5. The maximum atomic E-state index is 12.6. The summed E-state index contributed by atoms with van der Waals surface area (Å²) in [6.45, 7) is 5.67. The lowest BCUT2D eigenvalue weighted by atomic mass is 10.1. The average molecular weight is 338 g/mol. The van der Waals surface area contributed by atoms with E-state index in [1.54, 1.807) is 30.3 Å². The van der Waals surface area contributed by atoms with Crippen molar-refractivity contribution >= 4 is 17.5 Å². The first-order chi connectivity index (χ1) is 12.0. The van der Waals surface area contributed by atoms with E-state index in [-0.39, 0.29) is 17.9 Å². The van der Waals surface area contributed by atoms with E-state index in [0.29, 0.717) is 36.6 Å². The van der Waals surface area contributed by atoms with Gasteiger partial charge >= 0.3 is 0 Å². The molecule has 0 saturated carbocycles. The topological polar surface area (TPSA) is 58.6 Å². The van der Waals surface area contributed by atoms with Gasteiger partial charge in [-0.1, -0.05) is 17.7 Å². The molecule has 0 radical (unpaired) electrons. The number of carbonyl (C=O) groups excluding carboxylic acids is 2. The van der Waals surface area contributed by atoms with E-state index < -0.39 is 0 Å². The summed E-state index contributed by atoms with van der Waals surface area (Å²) >= 11 is 0. The Morgan fingerprint density at radius 3 is 2.56 bits per heavy atom. The summed E-state index contributed by atoms with van der Waals surface area (Å²) < 4.78 is 5.37. The molecule has 1 aliphatic rings. The van der Waals surface area contributed by atoms with Crippen LogP contribution in [0.3, 0.4) is 0 Å². The van der Waals surface area contributed by atoms with Crippen LogP contribution in [0.5, 0.6) is 0 Å².